The van der Waals surface area contributed by atoms with E-state index in [2.05, 4.69) is 15.5 Å². The molecule has 0 spiro atoms. The van der Waals surface area contributed by atoms with E-state index in [0.29, 0.717) is 11.5 Å². The van der Waals surface area contributed by atoms with E-state index < -0.39 is 0 Å². The minimum absolute atomic E-state index is 0.612. The SMILES string of the molecule is N/C=N/Nc1ccc(N)cn1. The molecular formula is C6H9N5. The lowest BCUT2D eigenvalue weighted by molar-refractivity contribution is 1.23. The van der Waals surface area contributed by atoms with Gasteiger partial charge in [-0.05, 0) is 12.1 Å². The van der Waals surface area contributed by atoms with E-state index in [1.807, 2.05) is 0 Å². The van der Waals surface area contributed by atoms with Crippen LogP contribution in [0.25, 0.3) is 0 Å². The van der Waals surface area contributed by atoms with Crippen molar-refractivity contribution in [2.24, 2.45) is 10.8 Å². The lowest BCUT2D eigenvalue weighted by atomic mass is 10.4. The number of nitrogens with one attached hydrogen (secondary N) is 1. The molecule has 0 bridgehead atoms. The number of hydrazone groups is 1. The summed E-state index contributed by atoms with van der Waals surface area (Å²) in [6.45, 7) is 0. The summed E-state index contributed by atoms with van der Waals surface area (Å²) in [6, 6.07) is 3.43. The van der Waals surface area contributed by atoms with Gasteiger partial charge in [-0.2, -0.15) is 5.10 Å². The molecule has 11 heavy (non-hydrogen) atoms. The predicted octanol–water partition coefficient (Wildman–Crippen LogP) is -0.0223. The van der Waals surface area contributed by atoms with E-state index in [0.717, 1.165) is 6.34 Å². The molecule has 0 aromatic carbocycles. The molecule has 0 unspecified atom stereocenters. The number of hydrogen-bond donors (Lipinski definition) is 3. The summed E-state index contributed by atoms with van der Waals surface area (Å²) in [5, 5.41) is 3.57. The highest BCUT2D eigenvalue weighted by Crippen LogP contribution is 2.04. The van der Waals surface area contributed by atoms with Crippen LogP contribution in [-0.4, -0.2) is 11.3 Å². The maximum Gasteiger partial charge on any atom is 0.146 e. The molecule has 0 fully saturated rings. The van der Waals surface area contributed by atoms with Gasteiger partial charge in [-0.25, -0.2) is 4.98 Å². The fourth-order valence-corrected chi connectivity index (χ4v) is 0.575. The molecule has 1 rings (SSSR count). The van der Waals surface area contributed by atoms with E-state index in [1.165, 1.54) is 6.20 Å². The van der Waals surface area contributed by atoms with Crippen molar-refractivity contribution >= 4 is 17.8 Å². The molecule has 5 heteroatoms. The van der Waals surface area contributed by atoms with Crippen LogP contribution in [0.15, 0.2) is 23.4 Å². The zero-order chi connectivity index (χ0) is 8.10. The highest BCUT2D eigenvalue weighted by molar-refractivity contribution is 5.53. The third-order valence-electron chi connectivity index (χ3n) is 1.04. The van der Waals surface area contributed by atoms with Crippen LogP contribution >= 0.6 is 0 Å². The van der Waals surface area contributed by atoms with Crippen molar-refractivity contribution in [3.8, 4) is 0 Å². The molecule has 0 atom stereocenters. The zero-order valence-corrected chi connectivity index (χ0v) is 5.86. The number of nitrogens with two attached hydrogens (primary N) is 2. The normalized spacial score (nSPS) is 10.2. The van der Waals surface area contributed by atoms with Gasteiger partial charge in [0.2, 0.25) is 0 Å². The van der Waals surface area contributed by atoms with Gasteiger partial charge in [0, 0.05) is 0 Å². The van der Waals surface area contributed by atoms with Gasteiger partial charge in [0.05, 0.1) is 11.9 Å². The minimum atomic E-state index is 0.612. The molecule has 1 heterocycles. The van der Waals surface area contributed by atoms with Crippen LogP contribution in [0, 0.1) is 0 Å². The maximum atomic E-state index is 5.40. The minimum Gasteiger partial charge on any atom is -0.397 e. The average molecular weight is 151 g/mol. The summed E-state index contributed by atoms with van der Waals surface area (Å²) >= 11 is 0. The molecular weight excluding hydrogens is 142 g/mol. The van der Waals surface area contributed by atoms with Crippen molar-refractivity contribution in [3.63, 3.8) is 0 Å². The summed E-state index contributed by atoms with van der Waals surface area (Å²) in [5.74, 6) is 0.612. The van der Waals surface area contributed by atoms with Gasteiger partial charge in [-0.1, -0.05) is 0 Å². The van der Waals surface area contributed by atoms with Crippen molar-refractivity contribution in [2.75, 3.05) is 11.2 Å². The van der Waals surface area contributed by atoms with Gasteiger partial charge < -0.3 is 11.5 Å². The lowest BCUT2D eigenvalue weighted by Gasteiger charge is -1.97. The van der Waals surface area contributed by atoms with Gasteiger partial charge in [-0.3, -0.25) is 5.43 Å². The topological polar surface area (TPSA) is 89.3 Å². The number of anilines is 2. The molecule has 0 saturated heterocycles. The number of rotatable bonds is 2. The largest absolute Gasteiger partial charge is 0.397 e. The van der Waals surface area contributed by atoms with E-state index in [9.17, 15) is 0 Å². The van der Waals surface area contributed by atoms with Crippen molar-refractivity contribution in [1.29, 1.82) is 0 Å². The van der Waals surface area contributed by atoms with Crippen LogP contribution in [0.5, 0.6) is 0 Å². The Morgan fingerprint density at radius 3 is 2.91 bits per heavy atom. The van der Waals surface area contributed by atoms with E-state index in [4.69, 9.17) is 11.5 Å². The Bertz CT molecular complexity index is 240. The first kappa shape index (κ1) is 7.33. The van der Waals surface area contributed by atoms with Gasteiger partial charge in [0.15, 0.2) is 0 Å². The first-order valence-corrected chi connectivity index (χ1v) is 3.03. The number of pyridine rings is 1. The highest BCUT2D eigenvalue weighted by atomic mass is 15.3. The zero-order valence-electron chi connectivity index (χ0n) is 5.86. The number of nitrogens with zero attached hydrogens (tertiary/aromatic N) is 2. The lowest BCUT2D eigenvalue weighted by Crippen LogP contribution is -1.97. The molecule has 5 nitrogen and oxygen atoms in total. The summed E-state index contributed by atoms with van der Waals surface area (Å²) in [7, 11) is 0. The van der Waals surface area contributed by atoms with Gasteiger partial charge in [-0.15, -0.1) is 0 Å². The van der Waals surface area contributed by atoms with Crippen LogP contribution in [0.3, 0.4) is 0 Å². The molecule has 1 aromatic heterocycles. The third-order valence-corrected chi connectivity index (χ3v) is 1.04. The summed E-state index contributed by atoms with van der Waals surface area (Å²) in [5.41, 5.74) is 13.6. The predicted molar refractivity (Wildman–Crippen MR) is 45.0 cm³/mol. The number of aromatic nitrogens is 1. The van der Waals surface area contributed by atoms with Crippen LogP contribution in [0.1, 0.15) is 0 Å². The molecule has 0 aliphatic rings. The summed E-state index contributed by atoms with van der Waals surface area (Å²) in [4.78, 5) is 3.91. The molecule has 58 valence electrons. The average Bonchev–Trinajstić information content (AvgIpc) is 2.04. The van der Waals surface area contributed by atoms with E-state index in [1.54, 1.807) is 12.1 Å². The van der Waals surface area contributed by atoms with Gasteiger partial charge >= 0.3 is 0 Å². The van der Waals surface area contributed by atoms with Gasteiger partial charge in [0.25, 0.3) is 0 Å². The van der Waals surface area contributed by atoms with E-state index in [-0.39, 0.29) is 0 Å². The molecule has 0 radical (unpaired) electrons. The molecule has 0 aliphatic heterocycles. The van der Waals surface area contributed by atoms with Crippen molar-refractivity contribution in [2.45, 2.75) is 0 Å². The molecule has 1 aromatic rings. The Morgan fingerprint density at radius 1 is 1.55 bits per heavy atom. The first-order valence-electron chi connectivity index (χ1n) is 3.03. The monoisotopic (exact) mass is 151 g/mol. The summed E-state index contributed by atoms with van der Waals surface area (Å²) in [6.07, 6.45) is 2.69. The molecule has 0 aliphatic carbocycles. The van der Waals surface area contributed by atoms with Crippen LogP contribution < -0.4 is 16.9 Å². The second kappa shape index (κ2) is 3.40. The number of nitrogen functional groups attached to an aromatic ring is 1. The van der Waals surface area contributed by atoms with Crippen molar-refractivity contribution in [1.82, 2.24) is 4.98 Å². The van der Waals surface area contributed by atoms with Gasteiger partial charge in [0.1, 0.15) is 12.2 Å². The fourth-order valence-electron chi connectivity index (χ4n) is 0.575. The Labute approximate surface area is 64.1 Å². The third kappa shape index (κ3) is 2.13. The maximum absolute atomic E-state index is 5.40. The second-order valence-corrected chi connectivity index (χ2v) is 1.87. The van der Waals surface area contributed by atoms with Crippen LogP contribution in [0.4, 0.5) is 11.5 Å². The first-order chi connectivity index (χ1) is 5.33. The standard InChI is InChI=1S/C6H9N5/c7-4-10-11-6-2-1-5(8)3-9-6/h1-4H,8H2,(H2,7,10)(H,9,11). The van der Waals surface area contributed by atoms with Crippen LogP contribution in [-0.2, 0) is 0 Å². The molecule has 0 saturated carbocycles. The molecule has 0 amide bonds. The fraction of sp³-hybridized carbons (Fsp3) is 0. The summed E-state index contributed by atoms with van der Waals surface area (Å²) < 4.78 is 0. The second-order valence-electron chi connectivity index (χ2n) is 1.87. The highest BCUT2D eigenvalue weighted by Gasteiger charge is 1.88. The smallest absolute Gasteiger partial charge is 0.146 e. The Kier molecular flexibility index (Phi) is 2.27. The Morgan fingerprint density at radius 2 is 2.36 bits per heavy atom. The van der Waals surface area contributed by atoms with Crippen LogP contribution in [0.2, 0.25) is 0 Å². The van der Waals surface area contributed by atoms with Crippen molar-refractivity contribution < 1.29 is 0 Å². The quantitative estimate of drug-likeness (QED) is 0.315. The van der Waals surface area contributed by atoms with E-state index >= 15 is 0 Å². The van der Waals surface area contributed by atoms with Crippen molar-refractivity contribution in [3.05, 3.63) is 18.3 Å². The Hall–Kier alpha value is -1.78. The number of hydrogen-bond acceptors (Lipinski definition) is 4. The Balaban J connectivity index is 2.66. The molecule has 5 N–H and O–H groups in total.